The van der Waals surface area contributed by atoms with E-state index in [1.54, 1.807) is 11.3 Å². The molecular weight excluding hydrogens is 366 g/mol. The molecule has 0 aliphatic carbocycles. The lowest BCUT2D eigenvalue weighted by Crippen LogP contribution is -2.48. The summed E-state index contributed by atoms with van der Waals surface area (Å²) in [6, 6.07) is 10.3. The van der Waals surface area contributed by atoms with Crippen LogP contribution < -0.4 is 10.6 Å². The van der Waals surface area contributed by atoms with Crippen molar-refractivity contribution in [2.45, 2.75) is 31.7 Å². The average Bonchev–Trinajstić information content (AvgIpc) is 3.18. The molecule has 4 nitrogen and oxygen atoms in total. The number of hydrogen-bond donors (Lipinski definition) is 2. The van der Waals surface area contributed by atoms with Crippen molar-refractivity contribution in [1.82, 2.24) is 10.6 Å². The van der Waals surface area contributed by atoms with E-state index in [-0.39, 0.29) is 5.41 Å². The molecule has 2 heterocycles. The van der Waals surface area contributed by atoms with E-state index in [1.807, 2.05) is 12.1 Å². The van der Waals surface area contributed by atoms with Gasteiger partial charge < -0.3 is 15.4 Å². The van der Waals surface area contributed by atoms with Crippen molar-refractivity contribution in [3.05, 3.63) is 57.2 Å². The van der Waals surface area contributed by atoms with Crippen LogP contribution in [0.1, 0.15) is 30.9 Å². The number of aliphatic imine (C=N–C) groups is 1. The molecule has 1 aromatic carbocycles. The fourth-order valence-corrected chi connectivity index (χ4v) is 4.15. The van der Waals surface area contributed by atoms with Gasteiger partial charge in [-0.2, -0.15) is 11.3 Å². The van der Waals surface area contributed by atoms with Gasteiger partial charge in [0.05, 0.1) is 6.54 Å². The zero-order valence-corrected chi connectivity index (χ0v) is 16.7. The first-order valence-electron chi connectivity index (χ1n) is 9.09. The zero-order valence-electron chi connectivity index (χ0n) is 15.1. The molecule has 140 valence electrons. The summed E-state index contributed by atoms with van der Waals surface area (Å²) in [5.41, 5.74) is 2.53. The van der Waals surface area contributed by atoms with Crippen molar-refractivity contribution >= 4 is 28.9 Å². The van der Waals surface area contributed by atoms with Crippen LogP contribution in [-0.2, 0) is 16.7 Å². The minimum absolute atomic E-state index is 0.0156. The van der Waals surface area contributed by atoms with Gasteiger partial charge in [0, 0.05) is 36.7 Å². The van der Waals surface area contributed by atoms with Gasteiger partial charge in [0.25, 0.3) is 0 Å². The van der Waals surface area contributed by atoms with Gasteiger partial charge in [0.1, 0.15) is 0 Å². The number of halogens is 1. The Kier molecular flexibility index (Phi) is 6.94. The Bertz CT molecular complexity index is 712. The number of rotatable bonds is 6. The van der Waals surface area contributed by atoms with E-state index >= 15 is 0 Å². The first-order valence-corrected chi connectivity index (χ1v) is 10.4. The predicted octanol–water partition coefficient (Wildman–Crippen LogP) is 4.21. The number of hydrogen-bond acceptors (Lipinski definition) is 3. The van der Waals surface area contributed by atoms with Crippen LogP contribution in [0.4, 0.5) is 0 Å². The van der Waals surface area contributed by atoms with Crippen LogP contribution in [0.5, 0.6) is 0 Å². The first kappa shape index (κ1) is 19.2. The number of ether oxygens (including phenoxy) is 1. The van der Waals surface area contributed by atoms with Gasteiger partial charge in [0.15, 0.2) is 5.96 Å². The molecule has 26 heavy (non-hydrogen) atoms. The van der Waals surface area contributed by atoms with E-state index in [9.17, 15) is 0 Å². The molecule has 1 fully saturated rings. The molecule has 0 unspecified atom stereocenters. The molecule has 0 spiro atoms. The van der Waals surface area contributed by atoms with Crippen molar-refractivity contribution in [2.75, 3.05) is 26.3 Å². The first-order chi connectivity index (χ1) is 12.7. The molecule has 2 N–H and O–H groups in total. The lowest BCUT2D eigenvalue weighted by Gasteiger charge is -2.38. The number of nitrogens with zero attached hydrogens (tertiary/aromatic N) is 1. The Morgan fingerprint density at radius 1 is 1.27 bits per heavy atom. The molecule has 1 aromatic heterocycles. The summed E-state index contributed by atoms with van der Waals surface area (Å²) in [5, 5.41) is 11.9. The number of guanidine groups is 1. The summed E-state index contributed by atoms with van der Waals surface area (Å²) >= 11 is 7.96. The summed E-state index contributed by atoms with van der Waals surface area (Å²) in [7, 11) is 0. The summed E-state index contributed by atoms with van der Waals surface area (Å²) < 4.78 is 5.62. The smallest absolute Gasteiger partial charge is 0.191 e. The van der Waals surface area contributed by atoms with Gasteiger partial charge in [-0.15, -0.1) is 0 Å². The lowest BCUT2D eigenvalue weighted by molar-refractivity contribution is 0.0514. The largest absolute Gasteiger partial charge is 0.381 e. The molecule has 0 amide bonds. The van der Waals surface area contributed by atoms with Crippen molar-refractivity contribution in [3.8, 4) is 0 Å². The second-order valence-corrected chi connectivity index (χ2v) is 7.80. The van der Waals surface area contributed by atoms with Crippen molar-refractivity contribution in [2.24, 2.45) is 4.99 Å². The summed E-state index contributed by atoms with van der Waals surface area (Å²) in [4.78, 5) is 4.73. The van der Waals surface area contributed by atoms with Crippen LogP contribution in [0.15, 0.2) is 46.1 Å². The maximum Gasteiger partial charge on any atom is 0.191 e. The van der Waals surface area contributed by atoms with E-state index in [2.05, 4.69) is 46.5 Å². The minimum Gasteiger partial charge on any atom is -0.381 e. The third kappa shape index (κ3) is 5.00. The quantitative estimate of drug-likeness (QED) is 0.572. The highest BCUT2D eigenvalue weighted by Gasteiger charge is 2.34. The molecule has 0 saturated carbocycles. The number of thiophene rings is 1. The fourth-order valence-electron chi connectivity index (χ4n) is 3.30. The van der Waals surface area contributed by atoms with Gasteiger partial charge in [-0.25, -0.2) is 4.99 Å². The van der Waals surface area contributed by atoms with E-state index in [0.717, 1.165) is 50.1 Å². The van der Waals surface area contributed by atoms with Crippen LogP contribution in [0.2, 0.25) is 5.02 Å². The molecule has 0 atom stereocenters. The molecular formula is C20H26ClN3OS. The summed E-state index contributed by atoms with van der Waals surface area (Å²) in [6.45, 7) is 5.97. The Morgan fingerprint density at radius 2 is 2.12 bits per heavy atom. The monoisotopic (exact) mass is 391 g/mol. The van der Waals surface area contributed by atoms with E-state index in [4.69, 9.17) is 21.3 Å². The normalized spacial score (nSPS) is 17.1. The topological polar surface area (TPSA) is 45.7 Å². The van der Waals surface area contributed by atoms with Crippen LogP contribution >= 0.6 is 22.9 Å². The Labute approximate surface area is 164 Å². The van der Waals surface area contributed by atoms with E-state index in [1.165, 1.54) is 11.1 Å². The highest BCUT2D eigenvalue weighted by Crippen LogP contribution is 2.35. The predicted molar refractivity (Wildman–Crippen MR) is 110 cm³/mol. The highest BCUT2D eigenvalue weighted by molar-refractivity contribution is 7.07. The van der Waals surface area contributed by atoms with Crippen molar-refractivity contribution < 1.29 is 4.74 Å². The molecule has 0 bridgehead atoms. The standard InChI is InChI=1S/C20H26ClN3OS/c1-2-22-19(23-13-16-6-11-26-14-16)24-15-20(7-9-25-10-8-20)17-4-3-5-18(21)12-17/h3-6,11-12,14H,2,7-10,13,15H2,1H3,(H2,22,23,24). The third-order valence-electron chi connectivity index (χ3n) is 4.83. The Morgan fingerprint density at radius 3 is 2.81 bits per heavy atom. The van der Waals surface area contributed by atoms with Crippen molar-refractivity contribution in [3.63, 3.8) is 0 Å². The van der Waals surface area contributed by atoms with Crippen LogP contribution in [-0.4, -0.2) is 32.3 Å². The van der Waals surface area contributed by atoms with Crippen LogP contribution in [0.25, 0.3) is 0 Å². The second-order valence-electron chi connectivity index (χ2n) is 6.58. The molecule has 1 saturated heterocycles. The molecule has 3 rings (SSSR count). The van der Waals surface area contributed by atoms with Gasteiger partial charge in [-0.1, -0.05) is 23.7 Å². The summed E-state index contributed by atoms with van der Waals surface area (Å²) in [6.07, 6.45) is 1.95. The van der Waals surface area contributed by atoms with Crippen molar-refractivity contribution in [1.29, 1.82) is 0 Å². The van der Waals surface area contributed by atoms with E-state index in [0.29, 0.717) is 6.54 Å². The number of benzene rings is 1. The molecule has 6 heteroatoms. The Hall–Kier alpha value is -1.56. The zero-order chi connectivity index (χ0) is 18.2. The van der Waals surface area contributed by atoms with Gasteiger partial charge in [-0.05, 0) is 59.9 Å². The number of nitrogens with one attached hydrogen (secondary N) is 2. The molecule has 1 aliphatic rings. The van der Waals surface area contributed by atoms with Crippen LogP contribution in [0, 0.1) is 0 Å². The van der Waals surface area contributed by atoms with Crippen LogP contribution in [0.3, 0.4) is 0 Å². The second kappa shape index (κ2) is 9.40. The molecule has 1 aliphatic heterocycles. The van der Waals surface area contributed by atoms with E-state index < -0.39 is 0 Å². The SMILES string of the molecule is CCNC(=NCc1ccsc1)NCC1(c2cccc(Cl)c2)CCOCC1. The maximum atomic E-state index is 6.26. The van der Waals surface area contributed by atoms with Gasteiger partial charge >= 0.3 is 0 Å². The molecule has 0 radical (unpaired) electrons. The highest BCUT2D eigenvalue weighted by atomic mass is 35.5. The minimum atomic E-state index is 0.0156. The maximum absolute atomic E-state index is 6.26. The van der Waals surface area contributed by atoms with Gasteiger partial charge in [0.2, 0.25) is 0 Å². The Balaban J connectivity index is 1.74. The fraction of sp³-hybridized carbons (Fsp3) is 0.450. The lowest BCUT2D eigenvalue weighted by atomic mass is 9.74. The summed E-state index contributed by atoms with van der Waals surface area (Å²) in [5.74, 6) is 0.853. The average molecular weight is 392 g/mol. The third-order valence-corrected chi connectivity index (χ3v) is 5.79. The molecule has 2 aromatic rings. The van der Waals surface area contributed by atoms with Gasteiger partial charge in [-0.3, -0.25) is 0 Å².